The van der Waals surface area contributed by atoms with Crippen LogP contribution in [0.15, 0.2) is 29.2 Å². The van der Waals surface area contributed by atoms with Crippen molar-refractivity contribution in [1.29, 1.82) is 0 Å². The summed E-state index contributed by atoms with van der Waals surface area (Å²) in [6, 6.07) is 7.18. The van der Waals surface area contributed by atoms with E-state index in [1.165, 1.54) is 0 Å². The zero-order chi connectivity index (χ0) is 13.2. The molecule has 0 radical (unpaired) electrons. The number of benzene rings is 1. The first kappa shape index (κ1) is 13.5. The van der Waals surface area contributed by atoms with Crippen molar-refractivity contribution in [2.75, 3.05) is 13.1 Å². The Labute approximate surface area is 109 Å². The summed E-state index contributed by atoms with van der Waals surface area (Å²) in [5, 5.41) is 0. The second kappa shape index (κ2) is 5.38. The molecule has 1 fully saturated rings. The van der Waals surface area contributed by atoms with E-state index >= 15 is 0 Å². The van der Waals surface area contributed by atoms with E-state index in [9.17, 15) is 8.42 Å². The predicted molar refractivity (Wildman–Crippen MR) is 71.8 cm³/mol. The lowest BCUT2D eigenvalue weighted by molar-refractivity contribution is 0.392. The molecule has 100 valence electrons. The van der Waals surface area contributed by atoms with Crippen molar-refractivity contribution in [3.8, 4) is 0 Å². The van der Waals surface area contributed by atoms with E-state index in [-0.39, 0.29) is 6.04 Å². The zero-order valence-corrected chi connectivity index (χ0v) is 11.5. The van der Waals surface area contributed by atoms with Crippen LogP contribution >= 0.6 is 0 Å². The Morgan fingerprint density at radius 3 is 2.78 bits per heavy atom. The molecule has 0 saturated carbocycles. The number of hydrogen-bond donors (Lipinski definition) is 1. The molecule has 1 aliphatic heterocycles. The highest BCUT2D eigenvalue weighted by atomic mass is 32.2. The Hall–Kier alpha value is -0.910. The summed E-state index contributed by atoms with van der Waals surface area (Å²) in [5.74, 6) is 0. The molecule has 1 saturated heterocycles. The van der Waals surface area contributed by atoms with Crippen LogP contribution in [0.1, 0.15) is 25.3 Å². The van der Waals surface area contributed by atoms with Gasteiger partial charge in [0.1, 0.15) is 0 Å². The average molecular weight is 268 g/mol. The SMILES string of the molecule is CCc1ccccc1S(=O)(=O)N1CCCC1CN. The van der Waals surface area contributed by atoms with Gasteiger partial charge in [-0.25, -0.2) is 8.42 Å². The van der Waals surface area contributed by atoms with Gasteiger partial charge in [0.15, 0.2) is 0 Å². The number of nitrogens with two attached hydrogens (primary N) is 1. The van der Waals surface area contributed by atoms with Crippen LogP contribution in [-0.2, 0) is 16.4 Å². The maximum absolute atomic E-state index is 12.7. The van der Waals surface area contributed by atoms with E-state index < -0.39 is 10.0 Å². The summed E-state index contributed by atoms with van der Waals surface area (Å²) in [7, 11) is -3.39. The van der Waals surface area contributed by atoms with Crippen LogP contribution in [-0.4, -0.2) is 31.9 Å². The largest absolute Gasteiger partial charge is 0.329 e. The third kappa shape index (κ3) is 2.30. The van der Waals surface area contributed by atoms with Crippen LogP contribution in [0.4, 0.5) is 0 Å². The Bertz CT molecular complexity index is 513. The van der Waals surface area contributed by atoms with E-state index in [0.29, 0.717) is 18.0 Å². The molecule has 1 aromatic carbocycles. The van der Waals surface area contributed by atoms with Gasteiger partial charge in [-0.2, -0.15) is 4.31 Å². The van der Waals surface area contributed by atoms with E-state index in [0.717, 1.165) is 24.8 Å². The van der Waals surface area contributed by atoms with Gasteiger partial charge < -0.3 is 5.73 Å². The molecule has 5 heteroatoms. The van der Waals surface area contributed by atoms with Gasteiger partial charge in [-0.3, -0.25) is 0 Å². The lowest BCUT2D eigenvalue weighted by Gasteiger charge is -2.24. The fourth-order valence-corrected chi connectivity index (χ4v) is 4.54. The maximum Gasteiger partial charge on any atom is 0.243 e. The number of sulfonamides is 1. The molecule has 0 aromatic heterocycles. The van der Waals surface area contributed by atoms with Gasteiger partial charge >= 0.3 is 0 Å². The molecule has 1 unspecified atom stereocenters. The van der Waals surface area contributed by atoms with Crippen LogP contribution in [0.5, 0.6) is 0 Å². The minimum atomic E-state index is -3.39. The maximum atomic E-state index is 12.7. The highest BCUT2D eigenvalue weighted by molar-refractivity contribution is 7.89. The molecule has 1 heterocycles. The fourth-order valence-electron chi connectivity index (χ4n) is 2.54. The van der Waals surface area contributed by atoms with Crippen molar-refractivity contribution < 1.29 is 8.42 Å². The van der Waals surface area contributed by atoms with E-state index in [1.54, 1.807) is 16.4 Å². The van der Waals surface area contributed by atoms with Gasteiger partial charge in [0.2, 0.25) is 10.0 Å². The molecule has 1 aliphatic rings. The predicted octanol–water partition coefficient (Wildman–Crippen LogP) is 1.36. The molecule has 0 amide bonds. The number of rotatable bonds is 4. The van der Waals surface area contributed by atoms with Crippen LogP contribution in [0.3, 0.4) is 0 Å². The van der Waals surface area contributed by atoms with Gasteiger partial charge in [-0.15, -0.1) is 0 Å². The quantitative estimate of drug-likeness (QED) is 0.897. The summed E-state index contributed by atoms with van der Waals surface area (Å²) < 4.78 is 26.9. The first-order valence-corrected chi connectivity index (χ1v) is 7.85. The third-order valence-electron chi connectivity index (χ3n) is 3.54. The minimum Gasteiger partial charge on any atom is -0.329 e. The molecule has 18 heavy (non-hydrogen) atoms. The second-order valence-corrected chi connectivity index (χ2v) is 6.47. The zero-order valence-electron chi connectivity index (χ0n) is 10.7. The first-order chi connectivity index (χ1) is 8.61. The van der Waals surface area contributed by atoms with Crippen molar-refractivity contribution in [2.45, 2.75) is 37.1 Å². The van der Waals surface area contributed by atoms with Crippen LogP contribution < -0.4 is 5.73 Å². The van der Waals surface area contributed by atoms with Gasteiger partial charge in [0.05, 0.1) is 4.90 Å². The van der Waals surface area contributed by atoms with Crippen molar-refractivity contribution in [2.24, 2.45) is 5.73 Å². The molecule has 2 N–H and O–H groups in total. The Morgan fingerprint density at radius 2 is 2.11 bits per heavy atom. The lowest BCUT2D eigenvalue weighted by atomic mass is 10.2. The first-order valence-electron chi connectivity index (χ1n) is 6.41. The summed E-state index contributed by atoms with van der Waals surface area (Å²) in [5.41, 5.74) is 6.54. The lowest BCUT2D eigenvalue weighted by Crippen LogP contribution is -2.40. The van der Waals surface area contributed by atoms with E-state index in [1.807, 2.05) is 19.1 Å². The molecule has 1 atom stereocenters. The van der Waals surface area contributed by atoms with Gasteiger partial charge in [-0.05, 0) is 30.9 Å². The highest BCUT2D eigenvalue weighted by Gasteiger charge is 2.35. The molecule has 1 aromatic rings. The van der Waals surface area contributed by atoms with Crippen molar-refractivity contribution >= 4 is 10.0 Å². The monoisotopic (exact) mass is 268 g/mol. The molecule has 2 rings (SSSR count). The number of hydrogen-bond acceptors (Lipinski definition) is 3. The van der Waals surface area contributed by atoms with Gasteiger partial charge in [-0.1, -0.05) is 25.1 Å². The van der Waals surface area contributed by atoms with Crippen molar-refractivity contribution in [1.82, 2.24) is 4.31 Å². The van der Waals surface area contributed by atoms with Crippen LogP contribution in [0, 0.1) is 0 Å². The summed E-state index contributed by atoms with van der Waals surface area (Å²) >= 11 is 0. The highest BCUT2D eigenvalue weighted by Crippen LogP contribution is 2.27. The standard InChI is InChI=1S/C13H20N2O2S/c1-2-11-6-3-4-8-13(11)18(16,17)15-9-5-7-12(15)10-14/h3-4,6,8,12H,2,5,7,9-10,14H2,1H3. The normalized spacial score (nSPS) is 21.3. The number of aryl methyl sites for hydroxylation is 1. The van der Waals surface area contributed by atoms with Gasteiger partial charge in [0.25, 0.3) is 0 Å². The molecule has 4 nitrogen and oxygen atoms in total. The molecular formula is C13H20N2O2S. The van der Waals surface area contributed by atoms with E-state index in [4.69, 9.17) is 5.73 Å². The molecule has 0 aliphatic carbocycles. The van der Waals surface area contributed by atoms with Gasteiger partial charge in [0, 0.05) is 19.1 Å². The Balaban J connectivity index is 2.42. The van der Waals surface area contributed by atoms with Crippen molar-refractivity contribution in [3.63, 3.8) is 0 Å². The second-order valence-electron chi connectivity index (χ2n) is 4.61. The van der Waals surface area contributed by atoms with Crippen LogP contribution in [0.25, 0.3) is 0 Å². The van der Waals surface area contributed by atoms with Crippen molar-refractivity contribution in [3.05, 3.63) is 29.8 Å². The van der Waals surface area contributed by atoms with E-state index in [2.05, 4.69) is 0 Å². The topological polar surface area (TPSA) is 63.4 Å². The molecule has 0 bridgehead atoms. The van der Waals surface area contributed by atoms with Crippen LogP contribution in [0.2, 0.25) is 0 Å². The number of nitrogens with zero attached hydrogens (tertiary/aromatic N) is 1. The summed E-state index contributed by atoms with van der Waals surface area (Å²) in [6.45, 7) is 2.95. The third-order valence-corrected chi connectivity index (χ3v) is 5.59. The average Bonchev–Trinajstić information content (AvgIpc) is 2.87. The smallest absolute Gasteiger partial charge is 0.243 e. The molecular weight excluding hydrogens is 248 g/mol. The minimum absolute atomic E-state index is 0.0417. The summed E-state index contributed by atoms with van der Waals surface area (Å²) in [4.78, 5) is 0.438. The molecule has 0 spiro atoms. The summed E-state index contributed by atoms with van der Waals surface area (Å²) in [6.07, 6.45) is 2.48. The Kier molecular flexibility index (Phi) is 4.04. The Morgan fingerprint density at radius 1 is 1.39 bits per heavy atom. The fraction of sp³-hybridized carbons (Fsp3) is 0.538.